The van der Waals surface area contributed by atoms with Gasteiger partial charge in [0.2, 0.25) is 0 Å². The van der Waals surface area contributed by atoms with Gasteiger partial charge in [-0.3, -0.25) is 4.18 Å². The normalized spacial score (nSPS) is 13.9. The van der Waals surface area contributed by atoms with Crippen LogP contribution in [-0.4, -0.2) is 33.9 Å². The Morgan fingerprint density at radius 3 is 2.25 bits per heavy atom. The summed E-state index contributed by atoms with van der Waals surface area (Å²) in [6.07, 6.45) is 0.128. The summed E-state index contributed by atoms with van der Waals surface area (Å²) in [6, 6.07) is 0. The molecule has 0 aliphatic carbocycles. The van der Waals surface area contributed by atoms with Crippen LogP contribution in [-0.2, 0) is 23.8 Å². The molecule has 0 heterocycles. The first-order valence-electron chi connectivity index (χ1n) is 3.36. The van der Waals surface area contributed by atoms with Gasteiger partial charge in [-0.15, -0.1) is 0 Å². The van der Waals surface area contributed by atoms with Crippen LogP contribution in [0.25, 0.3) is 0 Å². The van der Waals surface area contributed by atoms with Gasteiger partial charge in [0.05, 0.1) is 13.4 Å². The first kappa shape index (κ1) is 11.4. The number of carbonyl (C=O) groups is 1. The van der Waals surface area contributed by atoms with Gasteiger partial charge in [-0.05, 0) is 6.42 Å². The second-order valence-corrected chi connectivity index (χ2v) is 3.82. The van der Waals surface area contributed by atoms with E-state index < -0.39 is 22.2 Å². The Morgan fingerprint density at radius 2 is 2.00 bits per heavy atom. The number of carbonyl (C=O) groups excluding carboxylic acids is 1. The standard InChI is InChI=1S/C6H12O5S/c1-4-5(6(7)10-2)11-12(3,8)9/h5H,4H2,1-3H3/t5-/m0/s1. The Morgan fingerprint density at radius 1 is 1.50 bits per heavy atom. The molecule has 0 aromatic heterocycles. The lowest BCUT2D eigenvalue weighted by Crippen LogP contribution is -2.27. The van der Waals surface area contributed by atoms with E-state index >= 15 is 0 Å². The fourth-order valence-corrected chi connectivity index (χ4v) is 1.25. The van der Waals surface area contributed by atoms with Crippen LogP contribution in [0.4, 0.5) is 0 Å². The van der Waals surface area contributed by atoms with Gasteiger partial charge in [0.1, 0.15) is 0 Å². The van der Waals surface area contributed by atoms with Crippen molar-refractivity contribution in [3.63, 3.8) is 0 Å². The summed E-state index contributed by atoms with van der Waals surface area (Å²) in [7, 11) is -2.41. The highest BCUT2D eigenvalue weighted by molar-refractivity contribution is 7.86. The van der Waals surface area contributed by atoms with Crippen LogP contribution in [0.1, 0.15) is 13.3 Å². The van der Waals surface area contributed by atoms with Crippen LogP contribution < -0.4 is 0 Å². The zero-order valence-electron chi connectivity index (χ0n) is 7.23. The van der Waals surface area contributed by atoms with Crippen molar-refractivity contribution in [3.05, 3.63) is 0 Å². The molecular formula is C6H12O5S. The highest BCUT2D eigenvalue weighted by atomic mass is 32.2. The average Bonchev–Trinajstić information content (AvgIpc) is 1.97. The molecule has 6 heteroatoms. The summed E-state index contributed by atoms with van der Waals surface area (Å²) in [5, 5.41) is 0. The lowest BCUT2D eigenvalue weighted by molar-refractivity contribution is -0.148. The van der Waals surface area contributed by atoms with Gasteiger partial charge in [-0.25, -0.2) is 4.79 Å². The molecule has 0 aliphatic rings. The lowest BCUT2D eigenvalue weighted by atomic mass is 10.3. The minimum absolute atomic E-state index is 0.264. The van der Waals surface area contributed by atoms with Crippen LogP contribution in [0.3, 0.4) is 0 Å². The van der Waals surface area contributed by atoms with Gasteiger partial charge >= 0.3 is 5.97 Å². The van der Waals surface area contributed by atoms with E-state index in [4.69, 9.17) is 0 Å². The van der Waals surface area contributed by atoms with Crippen molar-refractivity contribution in [1.82, 2.24) is 0 Å². The maximum atomic E-state index is 10.8. The van der Waals surface area contributed by atoms with Gasteiger partial charge in [-0.1, -0.05) is 6.92 Å². The molecule has 0 amide bonds. The van der Waals surface area contributed by atoms with E-state index in [0.717, 1.165) is 6.26 Å². The molecule has 72 valence electrons. The van der Waals surface area contributed by atoms with E-state index in [1.807, 2.05) is 0 Å². The van der Waals surface area contributed by atoms with Crippen molar-refractivity contribution in [1.29, 1.82) is 0 Å². The second kappa shape index (κ2) is 4.42. The minimum Gasteiger partial charge on any atom is -0.467 e. The summed E-state index contributed by atoms with van der Waals surface area (Å²) in [4.78, 5) is 10.8. The molecule has 1 atom stereocenters. The summed E-state index contributed by atoms with van der Waals surface area (Å²) in [5.41, 5.74) is 0. The maximum absolute atomic E-state index is 10.8. The zero-order valence-corrected chi connectivity index (χ0v) is 8.05. The number of hydrogen-bond acceptors (Lipinski definition) is 5. The van der Waals surface area contributed by atoms with Gasteiger partial charge in [-0.2, -0.15) is 8.42 Å². The summed E-state index contributed by atoms with van der Waals surface area (Å²) in [6.45, 7) is 1.63. The molecule has 0 spiro atoms. The molecule has 5 nitrogen and oxygen atoms in total. The Hall–Kier alpha value is -0.620. The molecule has 0 saturated heterocycles. The van der Waals surface area contributed by atoms with Crippen LogP contribution >= 0.6 is 0 Å². The third-order valence-corrected chi connectivity index (χ3v) is 1.71. The van der Waals surface area contributed by atoms with Crippen molar-refractivity contribution in [2.24, 2.45) is 0 Å². The average molecular weight is 196 g/mol. The molecular weight excluding hydrogens is 184 g/mol. The van der Waals surface area contributed by atoms with Crippen molar-refractivity contribution in [3.8, 4) is 0 Å². The summed E-state index contributed by atoms with van der Waals surface area (Å²) >= 11 is 0. The first-order valence-corrected chi connectivity index (χ1v) is 5.18. The third kappa shape index (κ3) is 4.30. The van der Waals surface area contributed by atoms with Crippen LogP contribution in [0, 0.1) is 0 Å². The number of rotatable bonds is 4. The summed E-state index contributed by atoms with van der Waals surface area (Å²) in [5.74, 6) is -0.678. The predicted octanol–water partition coefficient (Wildman–Crippen LogP) is -0.0858. The Bertz CT molecular complexity index is 243. The van der Waals surface area contributed by atoms with Crippen molar-refractivity contribution < 1.29 is 22.1 Å². The highest BCUT2D eigenvalue weighted by Crippen LogP contribution is 2.03. The second-order valence-electron chi connectivity index (χ2n) is 2.22. The van der Waals surface area contributed by atoms with Crippen LogP contribution in [0.15, 0.2) is 0 Å². The molecule has 12 heavy (non-hydrogen) atoms. The predicted molar refractivity (Wildman–Crippen MR) is 42.0 cm³/mol. The van der Waals surface area contributed by atoms with E-state index in [9.17, 15) is 13.2 Å². The van der Waals surface area contributed by atoms with E-state index in [1.165, 1.54) is 7.11 Å². The van der Waals surface area contributed by atoms with Crippen molar-refractivity contribution in [2.45, 2.75) is 19.4 Å². The highest BCUT2D eigenvalue weighted by Gasteiger charge is 2.22. The van der Waals surface area contributed by atoms with E-state index in [-0.39, 0.29) is 6.42 Å². The van der Waals surface area contributed by atoms with E-state index in [2.05, 4.69) is 8.92 Å². The molecule has 0 aliphatic heterocycles. The molecule has 0 aromatic carbocycles. The molecule has 0 unspecified atom stereocenters. The van der Waals surface area contributed by atoms with Gasteiger partial charge in [0.25, 0.3) is 10.1 Å². The molecule has 0 aromatic rings. The van der Waals surface area contributed by atoms with Crippen molar-refractivity contribution in [2.75, 3.05) is 13.4 Å². The van der Waals surface area contributed by atoms with Gasteiger partial charge in [0.15, 0.2) is 6.10 Å². The maximum Gasteiger partial charge on any atom is 0.336 e. The minimum atomic E-state index is -3.59. The number of methoxy groups -OCH3 is 1. The molecule has 0 saturated carbocycles. The molecule has 0 rings (SSSR count). The monoisotopic (exact) mass is 196 g/mol. The van der Waals surface area contributed by atoms with Crippen LogP contribution in [0.2, 0.25) is 0 Å². The molecule has 0 fully saturated rings. The molecule has 0 bridgehead atoms. The van der Waals surface area contributed by atoms with Gasteiger partial charge < -0.3 is 4.74 Å². The molecule has 0 N–H and O–H groups in total. The zero-order chi connectivity index (χ0) is 9.78. The molecule has 0 radical (unpaired) electrons. The quantitative estimate of drug-likeness (QED) is 0.464. The van der Waals surface area contributed by atoms with Crippen LogP contribution in [0.5, 0.6) is 0 Å². The van der Waals surface area contributed by atoms with E-state index in [1.54, 1.807) is 6.92 Å². The van der Waals surface area contributed by atoms with Crippen molar-refractivity contribution >= 4 is 16.1 Å². The fraction of sp³-hybridized carbons (Fsp3) is 0.833. The fourth-order valence-electron chi connectivity index (χ4n) is 0.616. The van der Waals surface area contributed by atoms with E-state index in [0.29, 0.717) is 0 Å². The Balaban J connectivity index is 4.29. The topological polar surface area (TPSA) is 69.7 Å². The number of esters is 1. The SMILES string of the molecule is CC[C@H](OS(C)(=O)=O)C(=O)OC. The lowest BCUT2D eigenvalue weighted by Gasteiger charge is -2.10. The summed E-state index contributed by atoms with van der Waals surface area (Å²) < 4.78 is 29.9. The number of hydrogen-bond donors (Lipinski definition) is 0. The third-order valence-electron chi connectivity index (χ3n) is 1.13. The number of ether oxygens (including phenoxy) is 1. The Labute approximate surface area is 71.8 Å². The first-order chi connectivity index (χ1) is 5.40. The van der Waals surface area contributed by atoms with Gasteiger partial charge in [0, 0.05) is 0 Å². The largest absolute Gasteiger partial charge is 0.467 e. The smallest absolute Gasteiger partial charge is 0.336 e. The Kier molecular flexibility index (Phi) is 4.19.